The molecule has 0 saturated heterocycles. The number of nitrogens with zero attached hydrogens (tertiary/aromatic N) is 1. The molecule has 3 N–H and O–H groups in total. The van der Waals surface area contributed by atoms with Gasteiger partial charge in [-0.1, -0.05) is 12.1 Å². The highest BCUT2D eigenvalue weighted by atomic mass is 16.5. The van der Waals surface area contributed by atoms with Crippen molar-refractivity contribution in [2.75, 3.05) is 31.7 Å². The van der Waals surface area contributed by atoms with Crippen LogP contribution in [0.3, 0.4) is 0 Å². The number of pyridine rings is 1. The average molecular weight is 276 g/mol. The van der Waals surface area contributed by atoms with E-state index in [1.165, 1.54) is 0 Å². The Morgan fingerprint density at radius 2 is 2.15 bits per heavy atom. The molecule has 0 atom stereocenters. The van der Waals surface area contributed by atoms with E-state index in [1.54, 1.807) is 24.4 Å². The van der Waals surface area contributed by atoms with Gasteiger partial charge in [0.15, 0.2) is 0 Å². The summed E-state index contributed by atoms with van der Waals surface area (Å²) >= 11 is 0. The molecule has 1 heterocycles. The molecule has 0 aliphatic rings. The highest BCUT2D eigenvalue weighted by molar-refractivity contribution is 6.08. The molecule has 0 aliphatic carbocycles. The normalized spacial score (nSPS) is 10.7. The minimum atomic E-state index is -0.983. The summed E-state index contributed by atoms with van der Waals surface area (Å²) in [5.41, 5.74) is 0.217. The lowest BCUT2D eigenvalue weighted by Crippen LogP contribution is -2.13. The van der Waals surface area contributed by atoms with E-state index in [1.807, 2.05) is 6.07 Å². The van der Waals surface area contributed by atoms with E-state index in [9.17, 15) is 9.90 Å². The molecule has 0 unspecified atom stereocenters. The third-order valence-corrected chi connectivity index (χ3v) is 2.80. The fourth-order valence-corrected chi connectivity index (χ4v) is 1.95. The molecule has 1 aromatic carbocycles. The van der Waals surface area contributed by atoms with Gasteiger partial charge in [0.25, 0.3) is 0 Å². The maximum Gasteiger partial charge on any atom is 0.336 e. The molecule has 0 radical (unpaired) electrons. The number of nitrogens with one attached hydrogen (secondary N) is 1. The van der Waals surface area contributed by atoms with Gasteiger partial charge in [-0.25, -0.2) is 9.78 Å². The summed E-state index contributed by atoms with van der Waals surface area (Å²) in [7, 11) is 0. The van der Waals surface area contributed by atoms with E-state index in [0.717, 1.165) is 5.39 Å². The number of hydrogen-bond acceptors (Lipinski definition) is 5. The smallest absolute Gasteiger partial charge is 0.336 e. The number of anilines is 1. The average Bonchev–Trinajstić information content (AvgIpc) is 2.46. The van der Waals surface area contributed by atoms with Crippen LogP contribution in [0.2, 0.25) is 0 Å². The maximum absolute atomic E-state index is 11.3. The summed E-state index contributed by atoms with van der Waals surface area (Å²) < 4.78 is 5.14. The number of ether oxygens (including phenoxy) is 1. The third-order valence-electron chi connectivity index (χ3n) is 2.80. The molecule has 106 valence electrons. The Labute approximate surface area is 116 Å². The second kappa shape index (κ2) is 6.83. The van der Waals surface area contributed by atoms with Gasteiger partial charge in [0.1, 0.15) is 5.82 Å². The molecule has 2 aromatic rings. The molecule has 6 nitrogen and oxygen atoms in total. The van der Waals surface area contributed by atoms with Crippen molar-refractivity contribution in [1.82, 2.24) is 4.98 Å². The van der Waals surface area contributed by atoms with Crippen molar-refractivity contribution < 1.29 is 19.7 Å². The van der Waals surface area contributed by atoms with Crippen LogP contribution in [-0.2, 0) is 4.74 Å². The summed E-state index contributed by atoms with van der Waals surface area (Å²) in [4.78, 5) is 15.5. The van der Waals surface area contributed by atoms with Crippen LogP contribution in [0.1, 0.15) is 10.4 Å². The van der Waals surface area contributed by atoms with E-state index in [0.29, 0.717) is 24.4 Å². The maximum atomic E-state index is 11.3. The van der Waals surface area contributed by atoms with Gasteiger partial charge in [0.2, 0.25) is 0 Å². The second-order valence-electron chi connectivity index (χ2n) is 4.13. The van der Waals surface area contributed by atoms with Gasteiger partial charge in [-0.15, -0.1) is 0 Å². The first-order valence-corrected chi connectivity index (χ1v) is 6.27. The van der Waals surface area contributed by atoms with Gasteiger partial charge < -0.3 is 20.3 Å². The monoisotopic (exact) mass is 276 g/mol. The van der Waals surface area contributed by atoms with Crippen LogP contribution in [0.5, 0.6) is 0 Å². The number of hydrogen-bond donors (Lipinski definition) is 3. The first-order chi connectivity index (χ1) is 9.74. The molecule has 0 saturated carbocycles. The minimum absolute atomic E-state index is 0.0182. The molecule has 20 heavy (non-hydrogen) atoms. The van der Waals surface area contributed by atoms with Crippen molar-refractivity contribution in [2.45, 2.75) is 0 Å². The molecular weight excluding hydrogens is 260 g/mol. The predicted molar refractivity (Wildman–Crippen MR) is 75.1 cm³/mol. The van der Waals surface area contributed by atoms with E-state index in [-0.39, 0.29) is 18.8 Å². The van der Waals surface area contributed by atoms with Crippen LogP contribution in [0.4, 0.5) is 5.82 Å². The number of carboxylic acids is 1. The standard InChI is InChI=1S/C14H16N2O4/c17-7-9-20-8-6-16-13-12-10(4-5-15-13)2-1-3-11(12)14(18)19/h1-5,17H,6-9H2,(H,15,16)(H,18,19). The van der Waals surface area contributed by atoms with Crippen molar-refractivity contribution in [3.63, 3.8) is 0 Å². The van der Waals surface area contributed by atoms with Crippen molar-refractivity contribution in [3.05, 3.63) is 36.0 Å². The van der Waals surface area contributed by atoms with Crippen LogP contribution in [0.15, 0.2) is 30.5 Å². The lowest BCUT2D eigenvalue weighted by molar-refractivity contribution is 0.0699. The SMILES string of the molecule is O=C(O)c1cccc2ccnc(NCCOCCO)c12. The van der Waals surface area contributed by atoms with Gasteiger partial charge in [-0.05, 0) is 17.5 Å². The predicted octanol–water partition coefficient (Wildman–Crippen LogP) is 1.35. The number of fused-ring (bicyclic) bond motifs is 1. The lowest BCUT2D eigenvalue weighted by Gasteiger charge is -2.10. The summed E-state index contributed by atoms with van der Waals surface area (Å²) in [5.74, 6) is -0.462. The molecule has 2 rings (SSSR count). The Morgan fingerprint density at radius 1 is 1.30 bits per heavy atom. The fraction of sp³-hybridized carbons (Fsp3) is 0.286. The molecule has 0 spiro atoms. The van der Waals surface area contributed by atoms with E-state index >= 15 is 0 Å². The molecular formula is C14H16N2O4. The van der Waals surface area contributed by atoms with Crippen molar-refractivity contribution in [1.29, 1.82) is 0 Å². The van der Waals surface area contributed by atoms with Gasteiger partial charge in [-0.2, -0.15) is 0 Å². The number of carboxylic acid groups (broad SMARTS) is 1. The van der Waals surface area contributed by atoms with Crippen LogP contribution in [0.25, 0.3) is 10.8 Å². The van der Waals surface area contributed by atoms with Crippen molar-refractivity contribution >= 4 is 22.6 Å². The quantitative estimate of drug-likeness (QED) is 0.661. The summed E-state index contributed by atoms with van der Waals surface area (Å²) in [6.07, 6.45) is 1.63. The topological polar surface area (TPSA) is 91.7 Å². The van der Waals surface area contributed by atoms with Crippen molar-refractivity contribution in [3.8, 4) is 0 Å². The highest BCUT2D eigenvalue weighted by Gasteiger charge is 2.12. The lowest BCUT2D eigenvalue weighted by atomic mass is 10.1. The number of aromatic nitrogens is 1. The zero-order valence-corrected chi connectivity index (χ0v) is 10.9. The zero-order chi connectivity index (χ0) is 14.4. The Hall–Kier alpha value is -2.18. The molecule has 0 fully saturated rings. The number of aliphatic hydroxyl groups excluding tert-OH is 1. The number of rotatable bonds is 7. The van der Waals surface area contributed by atoms with Crippen LogP contribution in [-0.4, -0.2) is 47.5 Å². The zero-order valence-electron chi connectivity index (χ0n) is 10.9. The molecule has 0 aliphatic heterocycles. The fourth-order valence-electron chi connectivity index (χ4n) is 1.95. The second-order valence-corrected chi connectivity index (χ2v) is 4.13. The first kappa shape index (κ1) is 14.2. The first-order valence-electron chi connectivity index (χ1n) is 6.27. The molecule has 0 amide bonds. The van der Waals surface area contributed by atoms with E-state index in [2.05, 4.69) is 10.3 Å². The van der Waals surface area contributed by atoms with Gasteiger partial charge in [0.05, 0.1) is 25.4 Å². The van der Waals surface area contributed by atoms with Gasteiger partial charge in [-0.3, -0.25) is 0 Å². The van der Waals surface area contributed by atoms with Crippen LogP contribution in [0, 0.1) is 0 Å². The Bertz CT molecular complexity index is 595. The molecule has 0 bridgehead atoms. The number of carbonyl (C=O) groups is 1. The van der Waals surface area contributed by atoms with E-state index in [4.69, 9.17) is 9.84 Å². The van der Waals surface area contributed by atoms with Crippen LogP contribution < -0.4 is 5.32 Å². The Balaban J connectivity index is 2.22. The van der Waals surface area contributed by atoms with Crippen molar-refractivity contribution in [2.24, 2.45) is 0 Å². The summed E-state index contributed by atoms with van der Waals surface area (Å²) in [5, 5.41) is 22.3. The minimum Gasteiger partial charge on any atom is -0.478 e. The molecule has 1 aromatic heterocycles. The van der Waals surface area contributed by atoms with E-state index < -0.39 is 5.97 Å². The third kappa shape index (κ3) is 3.23. The number of aromatic carboxylic acids is 1. The molecule has 6 heteroatoms. The highest BCUT2D eigenvalue weighted by Crippen LogP contribution is 2.25. The Morgan fingerprint density at radius 3 is 2.90 bits per heavy atom. The van der Waals surface area contributed by atoms with Crippen LogP contribution >= 0.6 is 0 Å². The Kier molecular flexibility index (Phi) is 4.86. The summed E-state index contributed by atoms with van der Waals surface area (Å²) in [6.45, 7) is 1.16. The summed E-state index contributed by atoms with van der Waals surface area (Å²) in [6, 6.07) is 6.88. The van der Waals surface area contributed by atoms with Gasteiger partial charge >= 0.3 is 5.97 Å². The largest absolute Gasteiger partial charge is 0.478 e. The number of aliphatic hydroxyl groups is 1. The number of benzene rings is 1. The van der Waals surface area contributed by atoms with Gasteiger partial charge in [0, 0.05) is 18.1 Å².